The number of thiocarbonyl (C=S) groups is 1. The standard InChI is InChI=1S/C16H24N4O4S/c1-4-24-16(22)18-13-8-5-7-12(11-13)14(21)19-20(2)15(25)17-9-6-10-23-3/h5,7-8,11H,4,6,9-10H2,1-3H3,(H,17,25)(H,18,22)(H,19,21). The molecule has 1 aromatic rings. The molecule has 25 heavy (non-hydrogen) atoms. The molecule has 0 spiro atoms. The van der Waals surface area contributed by atoms with Crippen molar-refractivity contribution in [1.82, 2.24) is 15.8 Å². The lowest BCUT2D eigenvalue weighted by Crippen LogP contribution is -2.48. The van der Waals surface area contributed by atoms with E-state index < -0.39 is 6.09 Å². The fourth-order valence-corrected chi connectivity index (χ4v) is 1.97. The number of hydrogen-bond donors (Lipinski definition) is 3. The summed E-state index contributed by atoms with van der Waals surface area (Å²) in [6, 6.07) is 6.51. The number of nitrogens with zero attached hydrogens (tertiary/aromatic N) is 1. The summed E-state index contributed by atoms with van der Waals surface area (Å²) in [6.07, 6.45) is 0.235. The van der Waals surface area contributed by atoms with Gasteiger partial charge in [0.15, 0.2) is 5.11 Å². The van der Waals surface area contributed by atoms with Crippen LogP contribution in [0.2, 0.25) is 0 Å². The molecule has 9 heteroatoms. The van der Waals surface area contributed by atoms with Crippen LogP contribution < -0.4 is 16.1 Å². The van der Waals surface area contributed by atoms with E-state index in [1.807, 2.05) is 0 Å². The molecule has 2 amide bonds. The molecule has 0 saturated heterocycles. The van der Waals surface area contributed by atoms with Gasteiger partial charge in [0.2, 0.25) is 0 Å². The Kier molecular flexibility index (Phi) is 9.26. The van der Waals surface area contributed by atoms with Gasteiger partial charge in [0.05, 0.1) is 6.61 Å². The van der Waals surface area contributed by atoms with E-state index in [2.05, 4.69) is 16.1 Å². The summed E-state index contributed by atoms with van der Waals surface area (Å²) in [5.41, 5.74) is 3.50. The van der Waals surface area contributed by atoms with Gasteiger partial charge in [-0.15, -0.1) is 0 Å². The first-order valence-corrected chi connectivity index (χ1v) is 8.24. The minimum absolute atomic E-state index is 0.269. The van der Waals surface area contributed by atoms with Crippen molar-refractivity contribution >= 4 is 35.0 Å². The fraction of sp³-hybridized carbons (Fsp3) is 0.438. The van der Waals surface area contributed by atoms with Crippen LogP contribution in [0.4, 0.5) is 10.5 Å². The highest BCUT2D eigenvalue weighted by molar-refractivity contribution is 7.80. The topological polar surface area (TPSA) is 91.9 Å². The summed E-state index contributed by atoms with van der Waals surface area (Å²) >= 11 is 5.19. The number of hydrogen-bond acceptors (Lipinski definition) is 5. The molecule has 0 heterocycles. The predicted molar refractivity (Wildman–Crippen MR) is 99.4 cm³/mol. The number of amides is 2. The molecule has 0 aliphatic carbocycles. The van der Waals surface area contributed by atoms with E-state index in [-0.39, 0.29) is 12.5 Å². The smallest absolute Gasteiger partial charge is 0.411 e. The molecule has 0 aromatic heterocycles. The van der Waals surface area contributed by atoms with E-state index in [0.29, 0.717) is 29.5 Å². The lowest BCUT2D eigenvalue weighted by molar-refractivity contribution is 0.0886. The Balaban J connectivity index is 2.56. The first kappa shape index (κ1) is 20.7. The second-order valence-corrected chi connectivity index (χ2v) is 5.39. The van der Waals surface area contributed by atoms with Crippen LogP contribution in [0.25, 0.3) is 0 Å². The van der Waals surface area contributed by atoms with Gasteiger partial charge in [-0.05, 0) is 43.8 Å². The first-order chi connectivity index (χ1) is 12.0. The minimum atomic E-state index is -0.571. The van der Waals surface area contributed by atoms with E-state index in [0.717, 1.165) is 6.42 Å². The average Bonchev–Trinajstić information content (AvgIpc) is 2.58. The maximum Gasteiger partial charge on any atom is 0.411 e. The van der Waals surface area contributed by atoms with Crippen molar-refractivity contribution in [3.63, 3.8) is 0 Å². The molecular formula is C16H24N4O4S. The highest BCUT2D eigenvalue weighted by Crippen LogP contribution is 2.11. The normalized spacial score (nSPS) is 9.88. The molecule has 8 nitrogen and oxygen atoms in total. The molecule has 0 unspecified atom stereocenters. The van der Waals surface area contributed by atoms with Crippen LogP contribution in [0.15, 0.2) is 24.3 Å². The molecule has 0 radical (unpaired) electrons. The number of carbonyl (C=O) groups excluding carboxylic acids is 2. The zero-order chi connectivity index (χ0) is 18.7. The van der Waals surface area contributed by atoms with Crippen LogP contribution in [-0.4, -0.2) is 56.0 Å². The second-order valence-electron chi connectivity index (χ2n) is 5.00. The summed E-state index contributed by atoms with van der Waals surface area (Å²) in [5.74, 6) is -0.351. The van der Waals surface area contributed by atoms with Crippen molar-refractivity contribution < 1.29 is 19.1 Å². The van der Waals surface area contributed by atoms with Crippen LogP contribution in [-0.2, 0) is 9.47 Å². The second kappa shape index (κ2) is 11.2. The molecule has 3 N–H and O–H groups in total. The monoisotopic (exact) mass is 368 g/mol. The molecule has 0 saturated carbocycles. The highest BCUT2D eigenvalue weighted by Gasteiger charge is 2.11. The van der Waals surface area contributed by atoms with Crippen molar-refractivity contribution in [2.24, 2.45) is 0 Å². The largest absolute Gasteiger partial charge is 0.450 e. The SMILES string of the molecule is CCOC(=O)Nc1cccc(C(=O)NN(C)C(=S)NCCCOC)c1. The molecule has 0 bridgehead atoms. The molecule has 1 rings (SSSR count). The summed E-state index contributed by atoms with van der Waals surface area (Å²) in [5, 5.41) is 7.38. The van der Waals surface area contributed by atoms with Gasteiger partial charge in [0.1, 0.15) is 0 Å². The van der Waals surface area contributed by atoms with E-state index >= 15 is 0 Å². The fourth-order valence-electron chi connectivity index (χ4n) is 1.82. The number of benzene rings is 1. The van der Waals surface area contributed by atoms with Crippen LogP contribution in [0.1, 0.15) is 23.7 Å². The molecule has 138 valence electrons. The van der Waals surface area contributed by atoms with Crippen LogP contribution in [0.5, 0.6) is 0 Å². The Morgan fingerprint density at radius 3 is 2.76 bits per heavy atom. The number of ether oxygens (including phenoxy) is 2. The van der Waals surface area contributed by atoms with E-state index in [4.69, 9.17) is 21.7 Å². The lowest BCUT2D eigenvalue weighted by atomic mass is 10.2. The summed E-state index contributed by atoms with van der Waals surface area (Å²) in [6.45, 7) is 3.26. The Labute approximate surface area is 152 Å². The predicted octanol–water partition coefficient (Wildman–Crippen LogP) is 1.74. The number of nitrogens with one attached hydrogen (secondary N) is 3. The third-order valence-electron chi connectivity index (χ3n) is 3.02. The van der Waals surface area contributed by atoms with Crippen molar-refractivity contribution in [1.29, 1.82) is 0 Å². The Morgan fingerprint density at radius 2 is 2.08 bits per heavy atom. The maximum atomic E-state index is 12.3. The first-order valence-electron chi connectivity index (χ1n) is 7.83. The number of carbonyl (C=O) groups is 2. The van der Waals surface area contributed by atoms with Gasteiger partial charge < -0.3 is 14.8 Å². The average molecular weight is 368 g/mol. The number of rotatable bonds is 7. The minimum Gasteiger partial charge on any atom is -0.450 e. The van der Waals surface area contributed by atoms with Gasteiger partial charge in [-0.25, -0.2) is 4.79 Å². The van der Waals surface area contributed by atoms with Crippen LogP contribution in [0, 0.1) is 0 Å². The van der Waals surface area contributed by atoms with Crippen molar-refractivity contribution in [3.05, 3.63) is 29.8 Å². The molecular weight excluding hydrogens is 344 g/mol. The number of hydrazine groups is 1. The summed E-state index contributed by atoms with van der Waals surface area (Å²) < 4.78 is 9.76. The van der Waals surface area contributed by atoms with E-state index in [1.54, 1.807) is 45.3 Å². The van der Waals surface area contributed by atoms with Crippen LogP contribution >= 0.6 is 12.2 Å². The van der Waals surface area contributed by atoms with Gasteiger partial charge >= 0.3 is 6.09 Å². The zero-order valence-electron chi connectivity index (χ0n) is 14.6. The van der Waals surface area contributed by atoms with Gasteiger partial charge in [-0.1, -0.05) is 6.07 Å². The Bertz CT molecular complexity index is 597. The molecule has 0 atom stereocenters. The van der Waals surface area contributed by atoms with E-state index in [1.165, 1.54) is 5.01 Å². The van der Waals surface area contributed by atoms with Gasteiger partial charge in [0, 0.05) is 38.6 Å². The number of anilines is 1. The van der Waals surface area contributed by atoms with Crippen molar-refractivity contribution in [2.45, 2.75) is 13.3 Å². The van der Waals surface area contributed by atoms with E-state index in [9.17, 15) is 9.59 Å². The van der Waals surface area contributed by atoms with Crippen LogP contribution in [0.3, 0.4) is 0 Å². The highest BCUT2D eigenvalue weighted by atomic mass is 32.1. The van der Waals surface area contributed by atoms with Crippen molar-refractivity contribution in [2.75, 3.05) is 39.2 Å². The zero-order valence-corrected chi connectivity index (χ0v) is 15.4. The lowest BCUT2D eigenvalue weighted by Gasteiger charge is -2.21. The van der Waals surface area contributed by atoms with Crippen molar-refractivity contribution in [3.8, 4) is 0 Å². The molecule has 0 aliphatic rings. The Hall–Kier alpha value is -2.39. The van der Waals surface area contributed by atoms with Gasteiger partial charge in [0.25, 0.3) is 5.91 Å². The maximum absolute atomic E-state index is 12.3. The van der Waals surface area contributed by atoms with Gasteiger partial charge in [-0.3, -0.25) is 20.5 Å². The third-order valence-corrected chi connectivity index (χ3v) is 3.44. The quantitative estimate of drug-likeness (QED) is 0.384. The summed E-state index contributed by atoms with van der Waals surface area (Å²) in [4.78, 5) is 23.7. The number of methoxy groups -OCH3 is 1. The molecule has 0 fully saturated rings. The molecule has 0 aliphatic heterocycles. The third kappa shape index (κ3) is 7.81. The molecule has 1 aromatic carbocycles. The van der Waals surface area contributed by atoms with Gasteiger partial charge in [-0.2, -0.15) is 0 Å². The Morgan fingerprint density at radius 1 is 1.32 bits per heavy atom. The summed E-state index contributed by atoms with van der Waals surface area (Å²) in [7, 11) is 3.28.